The maximum atomic E-state index is 2.79. The lowest BCUT2D eigenvalue weighted by molar-refractivity contribution is 0.159. The van der Waals surface area contributed by atoms with Gasteiger partial charge in [-0.3, -0.25) is 0 Å². The molecule has 198 valence electrons. The van der Waals surface area contributed by atoms with Crippen LogP contribution in [0.1, 0.15) is 79.7 Å². The fourth-order valence-electron chi connectivity index (χ4n) is 8.31. The number of nitrogens with zero attached hydrogens (tertiary/aromatic N) is 1. The highest BCUT2D eigenvalue weighted by atomic mass is 32.2. The van der Waals surface area contributed by atoms with Gasteiger partial charge in [-0.25, -0.2) is 0 Å². The lowest BCUT2D eigenvalue weighted by atomic mass is 9.34. The number of benzene rings is 3. The summed E-state index contributed by atoms with van der Waals surface area (Å²) in [5, 5.41) is 0. The molecule has 0 spiro atoms. The molecule has 39 heavy (non-hydrogen) atoms. The molecule has 1 aliphatic carbocycles. The maximum Gasteiger partial charge on any atom is 0.244 e. The van der Waals surface area contributed by atoms with Crippen molar-refractivity contribution in [3.05, 3.63) is 89.0 Å². The zero-order valence-electron chi connectivity index (χ0n) is 24.6. The van der Waals surface area contributed by atoms with Gasteiger partial charge in [0.1, 0.15) is 0 Å². The first-order valence-corrected chi connectivity index (χ1v) is 15.6. The molecular weight excluding hydrogens is 489 g/mol. The van der Waals surface area contributed by atoms with Gasteiger partial charge in [-0.2, -0.15) is 0 Å². The predicted molar refractivity (Wildman–Crippen MR) is 170 cm³/mol. The topological polar surface area (TPSA) is 3.24 Å². The Morgan fingerprint density at radius 1 is 0.897 bits per heavy atom. The quantitative estimate of drug-likeness (QED) is 0.290. The summed E-state index contributed by atoms with van der Waals surface area (Å²) in [7, 11) is 0. The van der Waals surface area contributed by atoms with Crippen LogP contribution in [0.3, 0.4) is 0 Å². The van der Waals surface area contributed by atoms with Crippen molar-refractivity contribution in [3.8, 4) is 11.1 Å². The van der Waals surface area contributed by atoms with E-state index in [-0.39, 0.29) is 16.4 Å². The summed E-state index contributed by atoms with van der Waals surface area (Å²) in [6.45, 7) is 17.0. The third-order valence-electron chi connectivity index (χ3n) is 10.6. The van der Waals surface area contributed by atoms with E-state index in [0.717, 1.165) is 0 Å². The van der Waals surface area contributed by atoms with Crippen LogP contribution >= 0.6 is 11.8 Å². The number of allylic oxidation sites excluding steroid dienone is 3. The summed E-state index contributed by atoms with van der Waals surface area (Å²) in [6, 6.07) is 23.5. The van der Waals surface area contributed by atoms with E-state index in [9.17, 15) is 0 Å². The highest BCUT2D eigenvalue weighted by molar-refractivity contribution is 8.00. The second kappa shape index (κ2) is 8.43. The molecule has 1 saturated heterocycles. The number of anilines is 1. The SMILES string of the molecule is C/C=C1\C2=C(C)B3c4ccc(-c5ccc(C(C)(C)C)cc5)cc4Sc4cccc(c43)N2C2(C)CCCCC12C. The zero-order valence-corrected chi connectivity index (χ0v) is 25.4. The molecule has 3 aliphatic heterocycles. The van der Waals surface area contributed by atoms with Crippen LogP contribution in [0.15, 0.2) is 93.3 Å². The van der Waals surface area contributed by atoms with E-state index < -0.39 is 0 Å². The van der Waals surface area contributed by atoms with Crippen LogP contribution in [0.4, 0.5) is 5.69 Å². The van der Waals surface area contributed by atoms with Gasteiger partial charge >= 0.3 is 0 Å². The number of rotatable bonds is 1. The third-order valence-corrected chi connectivity index (χ3v) is 11.8. The molecule has 0 radical (unpaired) electrons. The van der Waals surface area contributed by atoms with Crippen LogP contribution in [0.25, 0.3) is 11.1 Å². The first kappa shape index (κ1) is 25.3. The van der Waals surface area contributed by atoms with Gasteiger partial charge in [-0.15, -0.1) is 0 Å². The number of fused-ring (bicyclic) bond motifs is 6. The normalized spacial score (nSPS) is 26.4. The van der Waals surface area contributed by atoms with Crippen LogP contribution in [0.2, 0.25) is 0 Å². The van der Waals surface area contributed by atoms with Crippen LogP contribution in [-0.2, 0) is 5.41 Å². The highest BCUT2D eigenvalue weighted by Crippen LogP contribution is 2.63. The van der Waals surface area contributed by atoms with Crippen molar-refractivity contribution in [2.75, 3.05) is 4.90 Å². The second-order valence-corrected chi connectivity index (χ2v) is 14.8. The first-order chi connectivity index (χ1) is 18.6. The van der Waals surface area contributed by atoms with Crippen LogP contribution in [-0.4, -0.2) is 12.3 Å². The lowest BCUT2D eigenvalue weighted by Crippen LogP contribution is -2.58. The fraction of sp³-hybridized carbons (Fsp3) is 0.389. The maximum absolute atomic E-state index is 2.79. The Kier molecular flexibility index (Phi) is 5.48. The van der Waals surface area contributed by atoms with Crippen molar-refractivity contribution in [3.63, 3.8) is 0 Å². The van der Waals surface area contributed by atoms with Gasteiger partial charge in [-0.1, -0.05) is 112 Å². The Labute approximate surface area is 239 Å². The minimum absolute atomic E-state index is 0.123. The molecule has 2 fully saturated rings. The van der Waals surface area contributed by atoms with E-state index in [4.69, 9.17) is 0 Å². The van der Waals surface area contributed by atoms with Crippen molar-refractivity contribution in [1.29, 1.82) is 0 Å². The van der Waals surface area contributed by atoms with E-state index >= 15 is 0 Å². The predicted octanol–water partition coefficient (Wildman–Crippen LogP) is 8.66. The summed E-state index contributed by atoms with van der Waals surface area (Å²) < 4.78 is 0. The Bertz CT molecular complexity index is 1570. The Balaban J connectivity index is 1.39. The van der Waals surface area contributed by atoms with Gasteiger partial charge in [0.15, 0.2) is 0 Å². The smallest absolute Gasteiger partial charge is 0.244 e. The summed E-state index contributed by atoms with van der Waals surface area (Å²) in [6.07, 6.45) is 7.63. The van der Waals surface area contributed by atoms with Crippen LogP contribution in [0.5, 0.6) is 0 Å². The largest absolute Gasteiger partial charge is 0.336 e. The molecule has 4 aliphatic rings. The van der Waals surface area contributed by atoms with Gasteiger partial charge in [-0.05, 0) is 85.0 Å². The number of hydrogen-bond acceptors (Lipinski definition) is 2. The van der Waals surface area contributed by atoms with E-state index in [1.807, 2.05) is 11.8 Å². The van der Waals surface area contributed by atoms with Crippen molar-refractivity contribution in [2.24, 2.45) is 5.41 Å². The molecule has 3 aromatic rings. The van der Waals surface area contributed by atoms with Gasteiger partial charge in [0.05, 0.1) is 5.54 Å². The average molecular weight is 530 g/mol. The minimum atomic E-state index is 0.123. The average Bonchev–Trinajstić information content (AvgIpc) is 3.13. The molecule has 1 nitrogen and oxygen atoms in total. The van der Waals surface area contributed by atoms with E-state index in [2.05, 4.69) is 120 Å². The van der Waals surface area contributed by atoms with Crippen molar-refractivity contribution >= 4 is 35.1 Å². The van der Waals surface area contributed by atoms with Gasteiger partial charge < -0.3 is 4.90 Å². The van der Waals surface area contributed by atoms with Gasteiger partial charge in [0.25, 0.3) is 0 Å². The third kappa shape index (κ3) is 3.35. The summed E-state index contributed by atoms with van der Waals surface area (Å²) >= 11 is 1.97. The van der Waals surface area contributed by atoms with Gasteiger partial charge in [0, 0.05) is 26.6 Å². The molecule has 0 N–H and O–H groups in total. The van der Waals surface area contributed by atoms with E-state index in [1.165, 1.54) is 79.9 Å². The fourth-order valence-corrected chi connectivity index (χ4v) is 9.51. The van der Waals surface area contributed by atoms with Crippen LogP contribution in [0, 0.1) is 5.41 Å². The molecule has 1 saturated carbocycles. The van der Waals surface area contributed by atoms with Crippen molar-refractivity contribution in [1.82, 2.24) is 0 Å². The first-order valence-electron chi connectivity index (χ1n) is 14.8. The van der Waals surface area contributed by atoms with E-state index in [0.29, 0.717) is 6.71 Å². The highest BCUT2D eigenvalue weighted by Gasteiger charge is 2.61. The molecule has 2 unspecified atom stereocenters. The monoisotopic (exact) mass is 529 g/mol. The number of hydrogen-bond donors (Lipinski definition) is 0. The lowest BCUT2D eigenvalue weighted by Gasteiger charge is -2.51. The summed E-state index contributed by atoms with van der Waals surface area (Å²) in [5.41, 5.74) is 13.5. The zero-order chi connectivity index (χ0) is 27.3. The molecule has 7 rings (SSSR count). The van der Waals surface area contributed by atoms with Crippen molar-refractivity contribution < 1.29 is 0 Å². The molecule has 3 heterocycles. The minimum Gasteiger partial charge on any atom is -0.336 e. The summed E-state index contributed by atoms with van der Waals surface area (Å²) in [4.78, 5) is 5.63. The van der Waals surface area contributed by atoms with Crippen LogP contribution < -0.4 is 15.8 Å². The van der Waals surface area contributed by atoms with E-state index in [1.54, 1.807) is 5.57 Å². The van der Waals surface area contributed by atoms with Gasteiger partial charge in [0.2, 0.25) is 6.71 Å². The molecule has 0 bridgehead atoms. The molecule has 0 aromatic heterocycles. The molecule has 0 amide bonds. The Hall–Kier alpha value is -2.65. The summed E-state index contributed by atoms with van der Waals surface area (Å²) in [5.74, 6) is 0. The molecular formula is C36H40BNS. The molecule has 3 heteroatoms. The molecule has 3 aromatic carbocycles. The Morgan fingerprint density at radius 3 is 2.33 bits per heavy atom. The second-order valence-electron chi connectivity index (χ2n) is 13.7. The Morgan fingerprint density at radius 2 is 1.62 bits per heavy atom. The van der Waals surface area contributed by atoms with Crippen molar-refractivity contribution in [2.45, 2.75) is 94.9 Å². The standard InChI is InChI=1S/C36H40BNS/c1-8-27-33-23(2)37-28-19-16-25(24-14-17-26(18-15-24)34(3,4)5)22-31(28)39-30-13-11-12-29(32(30)37)38(33)36(7)21-10-9-20-35(27,36)6/h8,11-19,22H,9-10,20-21H2,1-7H3/b27-8+. The molecule has 2 atom stereocenters.